The maximum Gasteiger partial charge on any atom is 0.226 e. The Bertz CT molecular complexity index is 958. The zero-order valence-electron chi connectivity index (χ0n) is 16.2. The number of amides is 1. The summed E-state index contributed by atoms with van der Waals surface area (Å²) in [6.45, 7) is 1.04. The molecule has 0 saturated carbocycles. The van der Waals surface area contributed by atoms with E-state index in [1.807, 2.05) is 41.3 Å². The SMILES string of the molecule is O=C(CCOc1ccccc1)N1CCCCC1c1[nH]ncc1-c1cccc(F)c1. The number of aromatic nitrogens is 2. The average Bonchev–Trinajstić information content (AvgIpc) is 3.24. The highest BCUT2D eigenvalue weighted by Crippen LogP contribution is 2.36. The summed E-state index contributed by atoms with van der Waals surface area (Å²) in [5, 5.41) is 7.25. The fourth-order valence-corrected chi connectivity index (χ4v) is 3.88. The molecule has 1 amide bonds. The molecule has 1 N–H and O–H groups in total. The van der Waals surface area contributed by atoms with Crippen molar-refractivity contribution in [1.29, 1.82) is 0 Å². The number of hydrogen-bond donors (Lipinski definition) is 1. The van der Waals surface area contributed by atoms with Crippen LogP contribution in [0.25, 0.3) is 11.1 Å². The molecule has 1 atom stereocenters. The summed E-state index contributed by atoms with van der Waals surface area (Å²) in [6.07, 6.45) is 4.90. The van der Waals surface area contributed by atoms with Gasteiger partial charge in [-0.3, -0.25) is 9.89 Å². The van der Waals surface area contributed by atoms with E-state index in [0.717, 1.165) is 41.8 Å². The van der Waals surface area contributed by atoms with Crippen molar-refractivity contribution in [2.45, 2.75) is 31.7 Å². The van der Waals surface area contributed by atoms with Gasteiger partial charge in [0.15, 0.2) is 0 Å². The minimum absolute atomic E-state index is 0.0606. The van der Waals surface area contributed by atoms with Crippen LogP contribution in [0, 0.1) is 5.82 Å². The Balaban J connectivity index is 1.48. The van der Waals surface area contributed by atoms with Crippen molar-refractivity contribution in [2.24, 2.45) is 0 Å². The second-order valence-electron chi connectivity index (χ2n) is 7.22. The number of carbonyl (C=O) groups is 1. The summed E-state index contributed by atoms with van der Waals surface area (Å²) in [7, 11) is 0. The molecule has 0 bridgehead atoms. The Kier molecular flexibility index (Phi) is 5.89. The van der Waals surface area contributed by atoms with E-state index in [9.17, 15) is 9.18 Å². The molecule has 1 fully saturated rings. The van der Waals surface area contributed by atoms with Crippen LogP contribution in [0.2, 0.25) is 0 Å². The van der Waals surface area contributed by atoms with Crippen molar-refractivity contribution in [1.82, 2.24) is 15.1 Å². The number of aromatic amines is 1. The third-order valence-electron chi connectivity index (χ3n) is 5.29. The number of carbonyl (C=O) groups excluding carboxylic acids is 1. The third kappa shape index (κ3) is 4.47. The van der Waals surface area contributed by atoms with E-state index in [2.05, 4.69) is 10.2 Å². The lowest BCUT2D eigenvalue weighted by molar-refractivity contribution is -0.135. The lowest BCUT2D eigenvalue weighted by Gasteiger charge is -2.35. The summed E-state index contributed by atoms with van der Waals surface area (Å²) in [5.74, 6) is 0.534. The van der Waals surface area contributed by atoms with Gasteiger partial charge in [0.05, 0.1) is 31.0 Å². The molecule has 29 heavy (non-hydrogen) atoms. The lowest BCUT2D eigenvalue weighted by Crippen LogP contribution is -2.39. The molecule has 1 aromatic heterocycles. The second-order valence-corrected chi connectivity index (χ2v) is 7.22. The highest BCUT2D eigenvalue weighted by molar-refractivity contribution is 5.77. The van der Waals surface area contributed by atoms with E-state index < -0.39 is 0 Å². The first-order chi connectivity index (χ1) is 14.2. The van der Waals surface area contributed by atoms with Crippen LogP contribution in [0.3, 0.4) is 0 Å². The van der Waals surface area contributed by atoms with Gasteiger partial charge in [-0.2, -0.15) is 5.10 Å². The first-order valence-electron chi connectivity index (χ1n) is 9.99. The molecule has 2 heterocycles. The molecule has 6 heteroatoms. The van der Waals surface area contributed by atoms with Crippen molar-refractivity contribution < 1.29 is 13.9 Å². The van der Waals surface area contributed by atoms with E-state index in [0.29, 0.717) is 19.6 Å². The molecule has 5 nitrogen and oxygen atoms in total. The van der Waals surface area contributed by atoms with Crippen molar-refractivity contribution >= 4 is 5.91 Å². The number of piperidine rings is 1. The number of para-hydroxylation sites is 1. The monoisotopic (exact) mass is 393 g/mol. The van der Waals surface area contributed by atoms with Gasteiger partial charge in [-0.05, 0) is 49.1 Å². The topological polar surface area (TPSA) is 58.2 Å². The molecule has 1 unspecified atom stereocenters. The lowest BCUT2D eigenvalue weighted by atomic mass is 9.94. The third-order valence-corrected chi connectivity index (χ3v) is 5.29. The van der Waals surface area contributed by atoms with Crippen LogP contribution in [-0.2, 0) is 4.79 Å². The summed E-state index contributed by atoms with van der Waals surface area (Å²) in [5.41, 5.74) is 2.47. The summed E-state index contributed by atoms with van der Waals surface area (Å²) in [4.78, 5) is 14.9. The zero-order chi connectivity index (χ0) is 20.1. The summed E-state index contributed by atoms with van der Waals surface area (Å²) in [6, 6.07) is 15.9. The summed E-state index contributed by atoms with van der Waals surface area (Å²) >= 11 is 0. The quantitative estimate of drug-likeness (QED) is 0.658. The van der Waals surface area contributed by atoms with Crippen molar-refractivity contribution in [3.8, 4) is 16.9 Å². The minimum Gasteiger partial charge on any atom is -0.493 e. The number of benzene rings is 2. The molecule has 0 spiro atoms. The van der Waals surface area contributed by atoms with Gasteiger partial charge < -0.3 is 9.64 Å². The van der Waals surface area contributed by atoms with Crippen LogP contribution < -0.4 is 4.74 Å². The average molecular weight is 393 g/mol. The molecule has 0 aliphatic carbocycles. The Hall–Kier alpha value is -3.15. The largest absolute Gasteiger partial charge is 0.493 e. The van der Waals surface area contributed by atoms with Gasteiger partial charge in [-0.15, -0.1) is 0 Å². The van der Waals surface area contributed by atoms with Gasteiger partial charge in [0.25, 0.3) is 0 Å². The fraction of sp³-hybridized carbons (Fsp3) is 0.304. The zero-order valence-corrected chi connectivity index (χ0v) is 16.2. The summed E-state index contributed by atoms with van der Waals surface area (Å²) < 4.78 is 19.4. The molecule has 150 valence electrons. The van der Waals surface area contributed by atoms with E-state index in [1.54, 1.807) is 12.3 Å². The number of hydrogen-bond acceptors (Lipinski definition) is 3. The highest BCUT2D eigenvalue weighted by atomic mass is 19.1. The van der Waals surface area contributed by atoms with Crippen LogP contribution in [0.1, 0.15) is 37.4 Å². The number of ether oxygens (including phenoxy) is 1. The van der Waals surface area contributed by atoms with Crippen LogP contribution >= 0.6 is 0 Å². The van der Waals surface area contributed by atoms with Crippen molar-refractivity contribution in [2.75, 3.05) is 13.2 Å². The van der Waals surface area contributed by atoms with Crippen LogP contribution in [0.5, 0.6) is 5.75 Å². The Morgan fingerprint density at radius 3 is 2.86 bits per heavy atom. The number of likely N-dealkylation sites (tertiary alicyclic amines) is 1. The molecular formula is C23H24FN3O2. The van der Waals surface area contributed by atoms with Gasteiger partial charge in [-0.25, -0.2) is 4.39 Å². The molecule has 4 rings (SSSR count). The van der Waals surface area contributed by atoms with E-state index in [-0.39, 0.29) is 17.8 Å². The van der Waals surface area contributed by atoms with Crippen LogP contribution in [0.15, 0.2) is 60.8 Å². The number of rotatable bonds is 6. The fourth-order valence-electron chi connectivity index (χ4n) is 3.88. The van der Waals surface area contributed by atoms with E-state index >= 15 is 0 Å². The standard InChI is InChI=1S/C23H24FN3O2/c24-18-8-6-7-17(15-18)20-16-25-26-23(20)21-11-4-5-13-27(21)22(28)12-14-29-19-9-2-1-3-10-19/h1-3,6-10,15-16,21H,4-5,11-14H2,(H,25,26). The smallest absolute Gasteiger partial charge is 0.226 e. The van der Waals surface area contributed by atoms with Gasteiger partial charge in [-0.1, -0.05) is 30.3 Å². The van der Waals surface area contributed by atoms with E-state index in [4.69, 9.17) is 4.74 Å². The first-order valence-corrected chi connectivity index (χ1v) is 9.99. The molecule has 1 aliphatic rings. The second kappa shape index (κ2) is 8.90. The minimum atomic E-state index is -0.288. The van der Waals surface area contributed by atoms with Gasteiger partial charge in [0.2, 0.25) is 5.91 Å². The maximum absolute atomic E-state index is 13.7. The van der Waals surface area contributed by atoms with Crippen molar-refractivity contribution in [3.05, 3.63) is 72.3 Å². The Labute approximate surface area is 169 Å². The molecule has 0 radical (unpaired) electrons. The first kappa shape index (κ1) is 19.2. The number of nitrogens with one attached hydrogen (secondary N) is 1. The molecular weight excluding hydrogens is 369 g/mol. The van der Waals surface area contributed by atoms with Crippen LogP contribution in [-0.4, -0.2) is 34.2 Å². The van der Waals surface area contributed by atoms with Gasteiger partial charge in [0, 0.05) is 12.1 Å². The van der Waals surface area contributed by atoms with Crippen molar-refractivity contribution in [3.63, 3.8) is 0 Å². The predicted octanol–water partition coefficient (Wildman–Crippen LogP) is 4.74. The molecule has 3 aromatic rings. The van der Waals surface area contributed by atoms with Gasteiger partial charge in [0.1, 0.15) is 11.6 Å². The maximum atomic E-state index is 13.7. The number of H-pyrrole nitrogens is 1. The van der Waals surface area contributed by atoms with E-state index in [1.165, 1.54) is 12.1 Å². The van der Waals surface area contributed by atoms with Gasteiger partial charge >= 0.3 is 0 Å². The Morgan fingerprint density at radius 1 is 1.17 bits per heavy atom. The molecule has 1 saturated heterocycles. The number of nitrogens with zero attached hydrogens (tertiary/aromatic N) is 2. The highest BCUT2D eigenvalue weighted by Gasteiger charge is 2.30. The predicted molar refractivity (Wildman–Crippen MR) is 109 cm³/mol. The van der Waals surface area contributed by atoms with Crippen LogP contribution in [0.4, 0.5) is 4.39 Å². The number of halogens is 1. The normalized spacial score (nSPS) is 16.6. The molecule has 1 aliphatic heterocycles. The Morgan fingerprint density at radius 2 is 2.03 bits per heavy atom. The molecule has 2 aromatic carbocycles.